The third-order valence-electron chi connectivity index (χ3n) is 2.87. The average Bonchev–Trinajstić information content (AvgIpc) is 2.37. The predicted molar refractivity (Wildman–Crippen MR) is 77.8 cm³/mol. The van der Waals surface area contributed by atoms with E-state index < -0.39 is 0 Å². The molecule has 0 aliphatic rings. The molecule has 1 unspecified atom stereocenters. The van der Waals surface area contributed by atoms with Crippen LogP contribution in [0.15, 0.2) is 18.2 Å². The number of hydrogen-bond acceptors (Lipinski definition) is 3. The van der Waals surface area contributed by atoms with Gasteiger partial charge in [0.25, 0.3) is 0 Å². The van der Waals surface area contributed by atoms with Gasteiger partial charge in [-0.3, -0.25) is 0 Å². The van der Waals surface area contributed by atoms with E-state index in [1.165, 1.54) is 5.30 Å². The summed E-state index contributed by atoms with van der Waals surface area (Å²) in [5.74, 6) is 1.64. The first-order chi connectivity index (χ1) is 8.41. The minimum atomic E-state index is -0.333. The van der Waals surface area contributed by atoms with E-state index in [0.717, 1.165) is 17.7 Å². The summed E-state index contributed by atoms with van der Waals surface area (Å²) in [5, 5.41) is 10.6. The van der Waals surface area contributed by atoms with Crippen molar-refractivity contribution < 1.29 is 14.6 Å². The van der Waals surface area contributed by atoms with Gasteiger partial charge < -0.3 is 14.6 Å². The Morgan fingerprint density at radius 3 is 2.00 bits per heavy atom. The summed E-state index contributed by atoms with van der Waals surface area (Å²) in [6, 6.07) is 5.99. The Balaban J connectivity index is 2.94. The topological polar surface area (TPSA) is 38.7 Å². The molecule has 18 heavy (non-hydrogen) atoms. The molecule has 0 aromatic heterocycles. The number of benzene rings is 1. The van der Waals surface area contributed by atoms with Gasteiger partial charge in [-0.1, -0.05) is 21.8 Å². The number of methoxy groups -OCH3 is 2. The molecule has 0 bridgehead atoms. The highest BCUT2D eigenvalue weighted by molar-refractivity contribution is 7.64. The van der Waals surface area contributed by atoms with Gasteiger partial charge >= 0.3 is 0 Å². The first-order valence-corrected chi connectivity index (χ1v) is 7.94. The van der Waals surface area contributed by atoms with Crippen LogP contribution in [0.25, 0.3) is 0 Å². The van der Waals surface area contributed by atoms with Crippen molar-refractivity contribution in [2.24, 2.45) is 5.41 Å². The fraction of sp³-hybridized carbons (Fsp3) is 0.571. The standard InChI is InChI=1S/C14H23O3P/c1-14(2,9-15)10-18(5)13-7-11(16-3)6-12(8-13)17-4/h6-8,15H,9-10H2,1-5H3. The van der Waals surface area contributed by atoms with Gasteiger partial charge in [0, 0.05) is 12.7 Å². The van der Waals surface area contributed by atoms with E-state index >= 15 is 0 Å². The van der Waals surface area contributed by atoms with E-state index in [0.29, 0.717) is 0 Å². The molecule has 1 rings (SSSR count). The lowest BCUT2D eigenvalue weighted by Gasteiger charge is -2.26. The zero-order valence-electron chi connectivity index (χ0n) is 11.9. The Bertz CT molecular complexity index is 368. The average molecular weight is 270 g/mol. The van der Waals surface area contributed by atoms with Crippen LogP contribution in [0.1, 0.15) is 13.8 Å². The zero-order valence-corrected chi connectivity index (χ0v) is 12.8. The van der Waals surface area contributed by atoms with Crippen molar-refractivity contribution in [3.05, 3.63) is 18.2 Å². The van der Waals surface area contributed by atoms with Gasteiger partial charge in [0.1, 0.15) is 11.5 Å². The molecule has 4 heteroatoms. The van der Waals surface area contributed by atoms with E-state index in [1.807, 2.05) is 6.07 Å². The minimum Gasteiger partial charge on any atom is -0.497 e. The van der Waals surface area contributed by atoms with Gasteiger partial charge in [-0.05, 0) is 35.7 Å². The predicted octanol–water partition coefficient (Wildman–Crippen LogP) is 2.46. The van der Waals surface area contributed by atoms with Crippen LogP contribution in [0.2, 0.25) is 0 Å². The van der Waals surface area contributed by atoms with E-state index in [-0.39, 0.29) is 19.9 Å². The minimum absolute atomic E-state index is 0.0449. The van der Waals surface area contributed by atoms with Gasteiger partial charge in [0.05, 0.1) is 14.2 Å². The number of rotatable bonds is 6. The Morgan fingerprint density at radius 2 is 1.61 bits per heavy atom. The normalized spacial score (nSPS) is 13.2. The SMILES string of the molecule is COc1cc(OC)cc(P(C)CC(C)(C)CO)c1. The van der Waals surface area contributed by atoms with Gasteiger partial charge in [-0.2, -0.15) is 0 Å². The van der Waals surface area contributed by atoms with Crippen LogP contribution in [0.3, 0.4) is 0 Å². The van der Waals surface area contributed by atoms with Gasteiger partial charge in [-0.25, -0.2) is 0 Å². The maximum atomic E-state index is 9.35. The Labute approximate surface area is 111 Å². The lowest BCUT2D eigenvalue weighted by Crippen LogP contribution is -2.22. The summed E-state index contributed by atoms with van der Waals surface area (Å²) in [4.78, 5) is 0. The number of ether oxygens (including phenoxy) is 2. The molecule has 102 valence electrons. The summed E-state index contributed by atoms with van der Waals surface area (Å²) in [6.07, 6.45) is 0.981. The second kappa shape index (κ2) is 6.40. The molecule has 0 saturated carbocycles. The van der Waals surface area contributed by atoms with Gasteiger partial charge in [0.2, 0.25) is 0 Å². The van der Waals surface area contributed by atoms with Crippen LogP contribution in [-0.2, 0) is 0 Å². The number of hydrogen-bond donors (Lipinski definition) is 1. The van der Waals surface area contributed by atoms with Gasteiger partial charge in [0.15, 0.2) is 0 Å². The van der Waals surface area contributed by atoms with E-state index in [4.69, 9.17) is 9.47 Å². The summed E-state index contributed by atoms with van der Waals surface area (Å²) in [5.41, 5.74) is -0.0449. The fourth-order valence-corrected chi connectivity index (χ4v) is 4.06. The van der Waals surface area contributed by atoms with E-state index in [1.54, 1.807) is 14.2 Å². The van der Waals surface area contributed by atoms with Crippen LogP contribution in [-0.4, -0.2) is 38.8 Å². The molecule has 1 N–H and O–H groups in total. The summed E-state index contributed by atoms with van der Waals surface area (Å²) >= 11 is 0. The Morgan fingerprint density at radius 1 is 1.11 bits per heavy atom. The number of aliphatic hydroxyl groups is 1. The molecule has 0 fully saturated rings. The zero-order chi connectivity index (χ0) is 13.8. The molecular formula is C14H23O3P. The molecule has 0 spiro atoms. The monoisotopic (exact) mass is 270 g/mol. The largest absolute Gasteiger partial charge is 0.497 e. The Hall–Kier alpha value is -0.790. The van der Waals surface area contributed by atoms with Crippen molar-refractivity contribution in [3.63, 3.8) is 0 Å². The molecular weight excluding hydrogens is 247 g/mol. The van der Waals surface area contributed by atoms with Crippen LogP contribution in [0.4, 0.5) is 0 Å². The third kappa shape index (κ3) is 4.15. The molecule has 0 aliphatic heterocycles. The van der Waals surface area contributed by atoms with Crippen LogP contribution in [0.5, 0.6) is 11.5 Å². The highest BCUT2D eigenvalue weighted by atomic mass is 31.1. The van der Waals surface area contributed by atoms with Crippen LogP contribution in [0, 0.1) is 5.41 Å². The van der Waals surface area contributed by atoms with Crippen molar-refractivity contribution in [1.29, 1.82) is 0 Å². The quantitative estimate of drug-likeness (QED) is 0.807. The molecule has 0 aliphatic carbocycles. The van der Waals surface area contributed by atoms with Crippen molar-refractivity contribution in [2.45, 2.75) is 13.8 Å². The van der Waals surface area contributed by atoms with Crippen molar-refractivity contribution in [3.8, 4) is 11.5 Å². The van der Waals surface area contributed by atoms with E-state index in [9.17, 15) is 5.11 Å². The summed E-state index contributed by atoms with van der Waals surface area (Å²) < 4.78 is 10.6. The number of aliphatic hydroxyl groups excluding tert-OH is 1. The highest BCUT2D eigenvalue weighted by Crippen LogP contribution is 2.39. The third-order valence-corrected chi connectivity index (χ3v) is 5.34. The second-order valence-corrected chi connectivity index (χ2v) is 7.48. The second-order valence-electron chi connectivity index (χ2n) is 5.25. The maximum absolute atomic E-state index is 9.35. The fourth-order valence-electron chi connectivity index (χ4n) is 1.80. The summed E-state index contributed by atoms with van der Waals surface area (Å²) in [7, 11) is 2.99. The van der Waals surface area contributed by atoms with Crippen LogP contribution >= 0.6 is 7.92 Å². The molecule has 0 saturated heterocycles. The molecule has 3 nitrogen and oxygen atoms in total. The maximum Gasteiger partial charge on any atom is 0.123 e. The Kier molecular flexibility index (Phi) is 5.43. The summed E-state index contributed by atoms with van der Waals surface area (Å²) in [6.45, 7) is 6.61. The van der Waals surface area contributed by atoms with Crippen molar-refractivity contribution in [2.75, 3.05) is 33.7 Å². The first-order valence-electron chi connectivity index (χ1n) is 5.97. The van der Waals surface area contributed by atoms with Gasteiger partial charge in [-0.15, -0.1) is 0 Å². The molecule has 1 atom stereocenters. The molecule has 1 aromatic rings. The molecule has 1 aromatic carbocycles. The smallest absolute Gasteiger partial charge is 0.123 e. The lowest BCUT2D eigenvalue weighted by molar-refractivity contribution is 0.180. The molecule has 0 amide bonds. The molecule has 0 radical (unpaired) electrons. The van der Waals surface area contributed by atoms with Crippen LogP contribution < -0.4 is 14.8 Å². The van der Waals surface area contributed by atoms with Crippen molar-refractivity contribution >= 4 is 13.2 Å². The van der Waals surface area contributed by atoms with E-state index in [2.05, 4.69) is 32.6 Å². The first kappa shape index (κ1) is 15.3. The molecule has 0 heterocycles. The van der Waals surface area contributed by atoms with Crippen molar-refractivity contribution in [1.82, 2.24) is 0 Å². The lowest BCUT2D eigenvalue weighted by atomic mass is 9.98. The highest BCUT2D eigenvalue weighted by Gasteiger charge is 2.21.